The van der Waals surface area contributed by atoms with E-state index in [0.717, 1.165) is 17.3 Å². The quantitative estimate of drug-likeness (QED) is 0.567. The third kappa shape index (κ3) is 4.26. The van der Waals surface area contributed by atoms with Crippen LogP contribution in [0.15, 0.2) is 41.4 Å². The maximum absolute atomic E-state index is 12.1. The third-order valence-electron chi connectivity index (χ3n) is 3.98. The number of ether oxygens (including phenoxy) is 1. The largest absolute Gasteiger partial charge is 0.465 e. The van der Waals surface area contributed by atoms with Gasteiger partial charge in [-0.2, -0.15) is 0 Å². The van der Waals surface area contributed by atoms with Gasteiger partial charge in [-0.05, 0) is 30.4 Å². The van der Waals surface area contributed by atoms with Crippen LogP contribution in [0.4, 0.5) is 5.82 Å². The van der Waals surface area contributed by atoms with Gasteiger partial charge in [-0.1, -0.05) is 42.1 Å². The molecule has 1 fully saturated rings. The number of aromatic nitrogens is 2. The van der Waals surface area contributed by atoms with Gasteiger partial charge in [0.1, 0.15) is 10.6 Å². The lowest BCUT2D eigenvalue weighted by atomic mass is 10.2. The predicted octanol–water partition coefficient (Wildman–Crippen LogP) is 3.40. The molecule has 0 saturated heterocycles. The van der Waals surface area contributed by atoms with E-state index < -0.39 is 0 Å². The number of nitrogens with zero attached hydrogens (tertiary/aromatic N) is 3. The van der Waals surface area contributed by atoms with Crippen LogP contribution in [0, 0.1) is 5.92 Å². The minimum absolute atomic E-state index is 0.371. The summed E-state index contributed by atoms with van der Waals surface area (Å²) in [6, 6.07) is 11.9. The Morgan fingerprint density at radius 3 is 2.71 bits per heavy atom. The van der Waals surface area contributed by atoms with Crippen LogP contribution in [0.5, 0.6) is 0 Å². The van der Waals surface area contributed by atoms with E-state index in [-0.39, 0.29) is 5.97 Å². The molecule has 5 nitrogen and oxygen atoms in total. The standard InChI is InChI=1S/C18H21N3O2S/c1-21(11-13-8-9-13)17-15(18(22)23-2)10-16(19-20-17)24-12-14-6-4-3-5-7-14/h3-7,10,13H,8-9,11-12H2,1-2H3. The van der Waals surface area contributed by atoms with Gasteiger partial charge in [0.25, 0.3) is 0 Å². The molecule has 1 aliphatic carbocycles. The average Bonchev–Trinajstić information content (AvgIpc) is 3.43. The SMILES string of the molecule is COC(=O)c1cc(SCc2ccccc2)nnc1N(C)CC1CC1. The molecule has 3 rings (SSSR count). The second-order valence-corrected chi connectivity index (χ2v) is 7.01. The molecule has 6 heteroatoms. The number of carbonyl (C=O) groups excluding carboxylic acids is 1. The number of carbonyl (C=O) groups is 1. The normalized spacial score (nSPS) is 13.6. The molecule has 0 amide bonds. The van der Waals surface area contributed by atoms with Crippen LogP contribution in [0.3, 0.4) is 0 Å². The maximum Gasteiger partial charge on any atom is 0.341 e. The van der Waals surface area contributed by atoms with Crippen molar-refractivity contribution in [2.75, 3.05) is 25.6 Å². The van der Waals surface area contributed by atoms with E-state index >= 15 is 0 Å². The van der Waals surface area contributed by atoms with Crippen LogP contribution in [-0.2, 0) is 10.5 Å². The molecule has 126 valence electrons. The number of hydrogen-bond acceptors (Lipinski definition) is 6. The lowest BCUT2D eigenvalue weighted by Gasteiger charge is -2.19. The second kappa shape index (κ2) is 7.66. The van der Waals surface area contributed by atoms with Gasteiger partial charge in [-0.3, -0.25) is 0 Å². The molecule has 0 bridgehead atoms. The van der Waals surface area contributed by atoms with Crippen molar-refractivity contribution in [1.82, 2.24) is 10.2 Å². The van der Waals surface area contributed by atoms with Gasteiger partial charge in [0.15, 0.2) is 5.82 Å². The molecular formula is C18H21N3O2S. The number of anilines is 1. The summed E-state index contributed by atoms with van der Waals surface area (Å²) in [5, 5.41) is 9.30. The monoisotopic (exact) mass is 343 g/mol. The Bertz CT molecular complexity index is 705. The molecule has 1 heterocycles. The van der Waals surface area contributed by atoms with Gasteiger partial charge in [0, 0.05) is 19.3 Å². The first kappa shape index (κ1) is 16.8. The lowest BCUT2D eigenvalue weighted by molar-refractivity contribution is 0.0600. The summed E-state index contributed by atoms with van der Waals surface area (Å²) >= 11 is 1.56. The molecule has 1 aromatic heterocycles. The smallest absolute Gasteiger partial charge is 0.341 e. The highest BCUT2D eigenvalue weighted by atomic mass is 32.2. The first-order valence-corrected chi connectivity index (χ1v) is 9.00. The lowest BCUT2D eigenvalue weighted by Crippen LogP contribution is -2.24. The zero-order chi connectivity index (χ0) is 16.9. The molecule has 0 N–H and O–H groups in total. The maximum atomic E-state index is 12.1. The summed E-state index contributed by atoms with van der Waals surface area (Å²) in [6.45, 7) is 0.898. The first-order valence-electron chi connectivity index (χ1n) is 8.01. The molecule has 1 saturated carbocycles. The van der Waals surface area contributed by atoms with Gasteiger partial charge in [0.05, 0.1) is 7.11 Å². The van der Waals surface area contributed by atoms with Crippen molar-refractivity contribution in [1.29, 1.82) is 0 Å². The fourth-order valence-electron chi connectivity index (χ4n) is 2.49. The fraction of sp³-hybridized carbons (Fsp3) is 0.389. The number of benzene rings is 1. The number of hydrogen-bond donors (Lipinski definition) is 0. The van der Waals surface area contributed by atoms with Crippen LogP contribution < -0.4 is 4.90 Å². The number of methoxy groups -OCH3 is 1. The third-order valence-corrected chi connectivity index (χ3v) is 4.95. The topological polar surface area (TPSA) is 55.3 Å². The summed E-state index contributed by atoms with van der Waals surface area (Å²) in [4.78, 5) is 14.1. The predicted molar refractivity (Wildman–Crippen MR) is 95.4 cm³/mol. The van der Waals surface area contributed by atoms with Crippen molar-refractivity contribution in [2.45, 2.75) is 23.6 Å². The van der Waals surface area contributed by atoms with Crippen molar-refractivity contribution >= 4 is 23.5 Å². The Hall–Kier alpha value is -2.08. The van der Waals surface area contributed by atoms with Gasteiger partial charge in [0.2, 0.25) is 0 Å². The van der Waals surface area contributed by atoms with Crippen molar-refractivity contribution < 1.29 is 9.53 Å². The van der Waals surface area contributed by atoms with E-state index in [9.17, 15) is 4.79 Å². The van der Waals surface area contributed by atoms with Crippen molar-refractivity contribution in [3.63, 3.8) is 0 Å². The van der Waals surface area contributed by atoms with Crippen LogP contribution in [0.2, 0.25) is 0 Å². The average molecular weight is 343 g/mol. The summed E-state index contributed by atoms with van der Waals surface area (Å²) in [6.07, 6.45) is 2.49. The number of rotatable bonds is 7. The molecular weight excluding hydrogens is 322 g/mol. The molecule has 0 aliphatic heterocycles. The minimum Gasteiger partial charge on any atom is -0.465 e. The Morgan fingerprint density at radius 1 is 1.29 bits per heavy atom. The highest BCUT2D eigenvalue weighted by Crippen LogP contribution is 2.32. The molecule has 0 radical (unpaired) electrons. The highest BCUT2D eigenvalue weighted by molar-refractivity contribution is 7.98. The first-order chi connectivity index (χ1) is 11.7. The van der Waals surface area contributed by atoms with Gasteiger partial charge in [-0.15, -0.1) is 10.2 Å². The molecule has 0 spiro atoms. The summed E-state index contributed by atoms with van der Waals surface area (Å²) in [7, 11) is 3.34. The molecule has 1 aliphatic rings. The van der Waals surface area contributed by atoms with Crippen LogP contribution in [0.1, 0.15) is 28.8 Å². The zero-order valence-electron chi connectivity index (χ0n) is 13.9. The summed E-state index contributed by atoms with van der Waals surface area (Å²) < 4.78 is 4.92. The Morgan fingerprint density at radius 2 is 2.04 bits per heavy atom. The van der Waals surface area contributed by atoms with Crippen molar-refractivity contribution in [3.05, 3.63) is 47.5 Å². The van der Waals surface area contributed by atoms with E-state index in [4.69, 9.17) is 4.74 Å². The molecule has 1 aromatic carbocycles. The van der Waals surface area contributed by atoms with E-state index in [2.05, 4.69) is 22.3 Å². The molecule has 24 heavy (non-hydrogen) atoms. The van der Waals surface area contributed by atoms with Crippen LogP contribution >= 0.6 is 11.8 Å². The van der Waals surface area contributed by atoms with Gasteiger partial charge >= 0.3 is 5.97 Å². The summed E-state index contributed by atoms with van der Waals surface area (Å²) in [5.41, 5.74) is 1.69. The molecule has 0 atom stereocenters. The van der Waals surface area contributed by atoms with Crippen molar-refractivity contribution in [2.24, 2.45) is 5.92 Å². The van der Waals surface area contributed by atoms with E-state index in [1.54, 1.807) is 17.8 Å². The van der Waals surface area contributed by atoms with E-state index in [0.29, 0.717) is 17.3 Å². The Balaban J connectivity index is 1.77. The zero-order valence-corrected chi connectivity index (χ0v) is 14.8. The highest BCUT2D eigenvalue weighted by Gasteiger charge is 2.26. The van der Waals surface area contributed by atoms with E-state index in [1.165, 1.54) is 25.5 Å². The minimum atomic E-state index is -0.371. The van der Waals surface area contributed by atoms with Crippen LogP contribution in [0.25, 0.3) is 0 Å². The molecule has 2 aromatic rings. The fourth-order valence-corrected chi connectivity index (χ4v) is 3.29. The Kier molecular flexibility index (Phi) is 5.35. The van der Waals surface area contributed by atoms with Gasteiger partial charge in [-0.25, -0.2) is 4.79 Å². The van der Waals surface area contributed by atoms with Crippen LogP contribution in [-0.4, -0.2) is 36.9 Å². The van der Waals surface area contributed by atoms with Gasteiger partial charge < -0.3 is 9.64 Å². The van der Waals surface area contributed by atoms with Crippen molar-refractivity contribution in [3.8, 4) is 0 Å². The molecule has 0 unspecified atom stereocenters. The Labute approximate surface area is 146 Å². The number of thioether (sulfide) groups is 1. The second-order valence-electron chi connectivity index (χ2n) is 6.01. The van der Waals surface area contributed by atoms with E-state index in [1.807, 2.05) is 30.1 Å². The number of esters is 1. The summed E-state index contributed by atoms with van der Waals surface area (Å²) in [5.74, 6) is 1.71.